The molecule has 2 saturated carbocycles. The summed E-state index contributed by atoms with van der Waals surface area (Å²) in [4.78, 5) is 0. The first kappa shape index (κ1) is 15.6. The summed E-state index contributed by atoms with van der Waals surface area (Å²) >= 11 is 0. The van der Waals surface area contributed by atoms with Gasteiger partial charge < -0.3 is 0 Å². The third-order valence-corrected chi connectivity index (χ3v) is 5.78. The van der Waals surface area contributed by atoms with E-state index >= 15 is 0 Å². The molecule has 0 aromatic heterocycles. The molecule has 0 radical (unpaired) electrons. The van der Waals surface area contributed by atoms with E-state index in [4.69, 9.17) is 5.26 Å². The van der Waals surface area contributed by atoms with Crippen molar-refractivity contribution in [1.29, 1.82) is 5.26 Å². The van der Waals surface area contributed by atoms with Crippen LogP contribution in [-0.2, 0) is 0 Å². The van der Waals surface area contributed by atoms with Gasteiger partial charge in [0.1, 0.15) is 0 Å². The van der Waals surface area contributed by atoms with Crippen LogP contribution < -0.4 is 0 Å². The van der Waals surface area contributed by atoms with Crippen LogP contribution in [0.2, 0.25) is 0 Å². The summed E-state index contributed by atoms with van der Waals surface area (Å²) < 4.78 is 0. The summed E-state index contributed by atoms with van der Waals surface area (Å²) in [6.45, 7) is 2.31. The first-order chi connectivity index (χ1) is 9.83. The molecule has 2 aliphatic rings. The van der Waals surface area contributed by atoms with E-state index in [2.05, 4.69) is 19.1 Å². The molecule has 0 unspecified atom stereocenters. The van der Waals surface area contributed by atoms with Crippen LogP contribution in [0.25, 0.3) is 0 Å². The summed E-state index contributed by atoms with van der Waals surface area (Å²) in [5.41, 5.74) is 0. The smallest absolute Gasteiger partial charge is 0.0908 e. The Balaban J connectivity index is 1.68. The number of allylic oxidation sites excluding steroid dienone is 2. The van der Waals surface area contributed by atoms with E-state index in [1.807, 2.05) is 0 Å². The number of nitrogens with zero attached hydrogens (tertiary/aromatic N) is 1. The van der Waals surface area contributed by atoms with Gasteiger partial charge in [-0.15, -0.1) is 0 Å². The average molecular weight is 273 g/mol. The Bertz CT molecular complexity index is 322. The van der Waals surface area contributed by atoms with E-state index in [-0.39, 0.29) is 0 Å². The van der Waals surface area contributed by atoms with E-state index in [1.165, 1.54) is 70.6 Å². The van der Waals surface area contributed by atoms with Gasteiger partial charge in [0.05, 0.1) is 6.07 Å². The highest BCUT2D eigenvalue weighted by Crippen LogP contribution is 2.42. The molecule has 2 aliphatic carbocycles. The summed E-state index contributed by atoms with van der Waals surface area (Å²) in [6, 6.07) is 2.13. The van der Waals surface area contributed by atoms with Gasteiger partial charge in [-0.05, 0) is 62.2 Å². The molecule has 0 heterocycles. The molecule has 1 heteroatoms. The molecule has 2 rings (SSSR count). The predicted octanol–water partition coefficient (Wildman–Crippen LogP) is 5.87. The Hall–Kier alpha value is -0.770. The number of unbranched alkanes of at least 4 members (excludes halogenated alkanes) is 1. The molecule has 0 amide bonds. The fourth-order valence-electron chi connectivity index (χ4n) is 4.43. The Labute approximate surface area is 125 Å². The second-order valence-electron chi connectivity index (χ2n) is 7.09. The first-order valence-corrected chi connectivity index (χ1v) is 8.89. The molecule has 0 atom stereocenters. The second-order valence-corrected chi connectivity index (χ2v) is 7.09. The van der Waals surface area contributed by atoms with Crippen LogP contribution in [0.5, 0.6) is 0 Å². The minimum Gasteiger partial charge on any atom is -0.193 e. The fourth-order valence-corrected chi connectivity index (χ4v) is 4.43. The Morgan fingerprint density at radius 2 is 1.55 bits per heavy atom. The van der Waals surface area contributed by atoms with Crippen molar-refractivity contribution in [3.63, 3.8) is 0 Å². The Morgan fingerprint density at radius 1 is 0.950 bits per heavy atom. The quantitative estimate of drug-likeness (QED) is 0.575. The maximum absolute atomic E-state index is 8.60. The summed E-state index contributed by atoms with van der Waals surface area (Å²) in [6.07, 6.45) is 19.5. The third kappa shape index (κ3) is 4.65. The van der Waals surface area contributed by atoms with Crippen molar-refractivity contribution in [3.05, 3.63) is 12.2 Å². The van der Waals surface area contributed by atoms with Crippen molar-refractivity contribution in [3.8, 4) is 6.07 Å². The van der Waals surface area contributed by atoms with Crippen molar-refractivity contribution in [2.75, 3.05) is 0 Å². The second kappa shape index (κ2) is 8.50. The van der Waals surface area contributed by atoms with Crippen LogP contribution in [0, 0.1) is 35.0 Å². The van der Waals surface area contributed by atoms with Crippen molar-refractivity contribution < 1.29 is 0 Å². The van der Waals surface area contributed by atoms with E-state index in [1.54, 1.807) is 6.08 Å². The first-order valence-electron chi connectivity index (χ1n) is 8.89. The Kier molecular flexibility index (Phi) is 6.64. The Morgan fingerprint density at radius 3 is 2.10 bits per heavy atom. The van der Waals surface area contributed by atoms with Crippen LogP contribution >= 0.6 is 0 Å². The molecule has 0 aromatic rings. The van der Waals surface area contributed by atoms with Crippen molar-refractivity contribution in [2.45, 2.75) is 77.6 Å². The molecule has 20 heavy (non-hydrogen) atoms. The largest absolute Gasteiger partial charge is 0.193 e. The van der Waals surface area contributed by atoms with Gasteiger partial charge in [0.25, 0.3) is 0 Å². The molecule has 1 nitrogen and oxygen atoms in total. The van der Waals surface area contributed by atoms with Crippen LogP contribution in [0.4, 0.5) is 0 Å². The van der Waals surface area contributed by atoms with E-state index in [0.29, 0.717) is 5.92 Å². The molecule has 0 aromatic carbocycles. The van der Waals surface area contributed by atoms with Crippen LogP contribution in [0.3, 0.4) is 0 Å². The molecule has 0 bridgehead atoms. The lowest BCUT2D eigenvalue weighted by Crippen LogP contribution is -2.25. The van der Waals surface area contributed by atoms with Crippen molar-refractivity contribution in [2.24, 2.45) is 23.7 Å². The van der Waals surface area contributed by atoms with Crippen LogP contribution in [0.1, 0.15) is 77.6 Å². The van der Waals surface area contributed by atoms with E-state index in [0.717, 1.165) is 17.8 Å². The van der Waals surface area contributed by atoms with Crippen molar-refractivity contribution >= 4 is 0 Å². The highest BCUT2D eigenvalue weighted by molar-refractivity contribution is 5.04. The minimum absolute atomic E-state index is 0.687. The minimum atomic E-state index is 0.687. The van der Waals surface area contributed by atoms with Gasteiger partial charge in [0.2, 0.25) is 0 Å². The van der Waals surface area contributed by atoms with Crippen LogP contribution in [-0.4, -0.2) is 0 Å². The van der Waals surface area contributed by atoms with Crippen LogP contribution in [0.15, 0.2) is 12.2 Å². The SMILES string of the molecule is CCCC[C@H]1CC[C@H]([C@H]2CC[C@H](C=CC#N)CC2)CC1. The average Bonchev–Trinajstić information content (AvgIpc) is 2.52. The van der Waals surface area contributed by atoms with Crippen molar-refractivity contribution in [1.82, 2.24) is 0 Å². The van der Waals surface area contributed by atoms with E-state index < -0.39 is 0 Å². The van der Waals surface area contributed by atoms with Gasteiger partial charge in [0, 0.05) is 6.08 Å². The zero-order valence-electron chi connectivity index (χ0n) is 13.2. The number of hydrogen-bond donors (Lipinski definition) is 0. The molecule has 0 N–H and O–H groups in total. The fraction of sp³-hybridized carbons (Fsp3) is 0.842. The number of hydrogen-bond acceptors (Lipinski definition) is 1. The maximum Gasteiger partial charge on any atom is 0.0908 e. The molecular weight excluding hydrogens is 242 g/mol. The zero-order chi connectivity index (χ0) is 14.2. The number of nitriles is 1. The lowest BCUT2D eigenvalue weighted by Gasteiger charge is -2.37. The van der Waals surface area contributed by atoms with Gasteiger partial charge in [-0.3, -0.25) is 0 Å². The highest BCUT2D eigenvalue weighted by atomic mass is 14.4. The normalized spacial score (nSPS) is 35.0. The molecule has 0 aliphatic heterocycles. The molecule has 2 fully saturated rings. The zero-order valence-corrected chi connectivity index (χ0v) is 13.2. The summed E-state index contributed by atoms with van der Waals surface area (Å²) in [7, 11) is 0. The molecule has 112 valence electrons. The van der Waals surface area contributed by atoms with Gasteiger partial charge in [0.15, 0.2) is 0 Å². The van der Waals surface area contributed by atoms with Gasteiger partial charge in [-0.1, -0.05) is 45.1 Å². The maximum atomic E-state index is 8.60. The lowest BCUT2D eigenvalue weighted by atomic mass is 9.68. The highest BCUT2D eigenvalue weighted by Gasteiger charge is 2.29. The summed E-state index contributed by atoms with van der Waals surface area (Å²) in [5.74, 6) is 3.75. The predicted molar refractivity (Wildman–Crippen MR) is 85.2 cm³/mol. The molecule has 0 saturated heterocycles. The monoisotopic (exact) mass is 273 g/mol. The number of rotatable bonds is 5. The molecule has 0 spiro atoms. The van der Waals surface area contributed by atoms with Gasteiger partial charge >= 0.3 is 0 Å². The van der Waals surface area contributed by atoms with E-state index in [9.17, 15) is 0 Å². The lowest BCUT2D eigenvalue weighted by molar-refractivity contribution is 0.152. The van der Waals surface area contributed by atoms with Gasteiger partial charge in [-0.25, -0.2) is 0 Å². The molecular formula is C19H31N. The topological polar surface area (TPSA) is 23.8 Å². The van der Waals surface area contributed by atoms with Gasteiger partial charge in [-0.2, -0.15) is 5.26 Å². The summed E-state index contributed by atoms with van der Waals surface area (Å²) in [5, 5.41) is 8.60. The third-order valence-electron chi connectivity index (χ3n) is 5.78. The standard InChI is InChI=1S/C19H31N/c1-2-3-5-16-7-11-18(12-8-16)19-13-9-17(10-14-19)6-4-15-20/h4,6,16-19H,2-3,5,7-14H2,1H3/t16-,17-,18-,19-.